The zero-order valence-electron chi connectivity index (χ0n) is 15.7. The smallest absolute Gasteiger partial charge is 0.276 e. The molecule has 0 bridgehead atoms. The van der Waals surface area contributed by atoms with Gasteiger partial charge >= 0.3 is 0 Å². The molecule has 3 aromatic rings. The van der Waals surface area contributed by atoms with Gasteiger partial charge in [0.2, 0.25) is 5.91 Å². The lowest BCUT2D eigenvalue weighted by atomic mass is 10.1. The van der Waals surface area contributed by atoms with Crippen LogP contribution in [0.25, 0.3) is 11.1 Å². The number of carbonyl (C=O) groups excluding carboxylic acids is 2. The normalized spacial score (nSPS) is 10.2. The van der Waals surface area contributed by atoms with Crippen molar-refractivity contribution in [2.24, 2.45) is 0 Å². The number of amides is 2. The highest BCUT2D eigenvalue weighted by Gasteiger charge is 2.10. The van der Waals surface area contributed by atoms with Crippen molar-refractivity contribution in [2.45, 2.75) is 12.8 Å². The number of para-hydroxylation sites is 1. The molecule has 3 rings (SSSR count). The third-order valence-electron chi connectivity index (χ3n) is 4.25. The summed E-state index contributed by atoms with van der Waals surface area (Å²) in [6.45, 7) is -0.253. The summed E-state index contributed by atoms with van der Waals surface area (Å²) < 4.78 is 19.2. The lowest BCUT2D eigenvalue weighted by molar-refractivity contribution is -0.130. The molecular formula is C23H21FN2O3. The molecule has 2 amide bonds. The number of carbonyl (C=O) groups is 2. The molecule has 0 fully saturated rings. The standard InChI is InChI=1S/C23H21FN2O3/c24-20-12-6-4-10-18(20)14-15-22(27)25-26-23(28)16-29-21-13-7-5-11-19(21)17-8-2-1-3-9-17/h1-13H,14-16H2,(H,25,27)(H,26,28). The van der Waals surface area contributed by atoms with E-state index in [-0.39, 0.29) is 25.3 Å². The summed E-state index contributed by atoms with van der Waals surface area (Å²) in [6, 6.07) is 23.4. The van der Waals surface area contributed by atoms with Gasteiger partial charge in [0.25, 0.3) is 5.91 Å². The van der Waals surface area contributed by atoms with Gasteiger partial charge in [-0.05, 0) is 29.7 Å². The van der Waals surface area contributed by atoms with Crippen LogP contribution >= 0.6 is 0 Å². The molecule has 0 radical (unpaired) electrons. The molecule has 6 heteroatoms. The summed E-state index contributed by atoms with van der Waals surface area (Å²) in [5.41, 5.74) is 6.92. The van der Waals surface area contributed by atoms with Crippen molar-refractivity contribution in [3.63, 3.8) is 0 Å². The van der Waals surface area contributed by atoms with Gasteiger partial charge in [-0.2, -0.15) is 0 Å². The fraction of sp³-hybridized carbons (Fsp3) is 0.130. The minimum atomic E-state index is -0.493. The number of benzene rings is 3. The van der Waals surface area contributed by atoms with Gasteiger partial charge in [-0.25, -0.2) is 4.39 Å². The first-order valence-electron chi connectivity index (χ1n) is 9.22. The Morgan fingerprint density at radius 2 is 1.45 bits per heavy atom. The van der Waals surface area contributed by atoms with E-state index in [0.717, 1.165) is 11.1 Å². The van der Waals surface area contributed by atoms with E-state index in [9.17, 15) is 14.0 Å². The Bertz CT molecular complexity index is 977. The summed E-state index contributed by atoms with van der Waals surface area (Å²) in [4.78, 5) is 23.8. The lowest BCUT2D eigenvalue weighted by Crippen LogP contribution is -2.43. The Morgan fingerprint density at radius 1 is 0.793 bits per heavy atom. The maximum Gasteiger partial charge on any atom is 0.276 e. The van der Waals surface area contributed by atoms with E-state index in [1.807, 2.05) is 48.5 Å². The minimum absolute atomic E-state index is 0.0545. The largest absolute Gasteiger partial charge is 0.483 e. The van der Waals surface area contributed by atoms with E-state index in [1.165, 1.54) is 6.07 Å². The second-order valence-corrected chi connectivity index (χ2v) is 6.34. The van der Waals surface area contributed by atoms with Crippen LogP contribution in [-0.4, -0.2) is 18.4 Å². The predicted octanol–water partition coefficient (Wildman–Crippen LogP) is 3.65. The van der Waals surface area contributed by atoms with Crippen LogP contribution in [0, 0.1) is 5.82 Å². The molecule has 0 saturated heterocycles. The first kappa shape index (κ1) is 20.1. The molecule has 148 valence electrons. The first-order valence-corrected chi connectivity index (χ1v) is 9.22. The number of aryl methyl sites for hydroxylation is 1. The molecule has 0 saturated carbocycles. The van der Waals surface area contributed by atoms with Gasteiger partial charge in [0.15, 0.2) is 6.61 Å². The predicted molar refractivity (Wildman–Crippen MR) is 108 cm³/mol. The quantitative estimate of drug-likeness (QED) is 0.603. The Kier molecular flexibility index (Phi) is 6.95. The summed E-state index contributed by atoms with van der Waals surface area (Å²) in [6.07, 6.45) is 0.300. The molecule has 5 nitrogen and oxygen atoms in total. The molecule has 0 unspecified atom stereocenters. The van der Waals surface area contributed by atoms with Crippen molar-refractivity contribution in [3.05, 3.63) is 90.2 Å². The highest BCUT2D eigenvalue weighted by atomic mass is 19.1. The van der Waals surface area contributed by atoms with Crippen LogP contribution < -0.4 is 15.6 Å². The average Bonchev–Trinajstić information content (AvgIpc) is 2.76. The highest BCUT2D eigenvalue weighted by molar-refractivity contribution is 5.83. The van der Waals surface area contributed by atoms with Crippen molar-refractivity contribution in [3.8, 4) is 16.9 Å². The number of hydrazine groups is 1. The van der Waals surface area contributed by atoms with E-state index in [2.05, 4.69) is 10.9 Å². The van der Waals surface area contributed by atoms with Crippen LogP contribution in [0.4, 0.5) is 4.39 Å². The molecule has 0 aliphatic carbocycles. The van der Waals surface area contributed by atoms with Crippen LogP contribution in [0.3, 0.4) is 0 Å². The Hall–Kier alpha value is -3.67. The highest BCUT2D eigenvalue weighted by Crippen LogP contribution is 2.29. The monoisotopic (exact) mass is 392 g/mol. The average molecular weight is 392 g/mol. The van der Waals surface area contributed by atoms with Crippen molar-refractivity contribution in [1.29, 1.82) is 0 Å². The molecule has 0 heterocycles. The molecule has 0 spiro atoms. The first-order chi connectivity index (χ1) is 14.1. The van der Waals surface area contributed by atoms with Gasteiger partial charge < -0.3 is 4.74 Å². The van der Waals surface area contributed by atoms with Gasteiger partial charge in [-0.3, -0.25) is 20.4 Å². The van der Waals surface area contributed by atoms with Gasteiger partial charge in [0, 0.05) is 12.0 Å². The Balaban J connectivity index is 1.46. The number of rotatable bonds is 7. The van der Waals surface area contributed by atoms with Crippen molar-refractivity contribution < 1.29 is 18.7 Å². The van der Waals surface area contributed by atoms with Crippen LogP contribution in [0.2, 0.25) is 0 Å². The van der Waals surface area contributed by atoms with Gasteiger partial charge in [0.05, 0.1) is 0 Å². The van der Waals surface area contributed by atoms with E-state index in [4.69, 9.17) is 4.74 Å². The molecule has 0 atom stereocenters. The van der Waals surface area contributed by atoms with Crippen molar-refractivity contribution >= 4 is 11.8 Å². The molecular weight excluding hydrogens is 371 g/mol. The SMILES string of the molecule is O=C(CCc1ccccc1F)NNC(=O)COc1ccccc1-c1ccccc1. The number of ether oxygens (including phenoxy) is 1. The van der Waals surface area contributed by atoms with Gasteiger partial charge in [-0.15, -0.1) is 0 Å². The number of halogens is 1. The maximum absolute atomic E-state index is 13.6. The summed E-state index contributed by atoms with van der Waals surface area (Å²) in [7, 11) is 0. The molecule has 0 aromatic heterocycles. The van der Waals surface area contributed by atoms with Gasteiger partial charge in [0.1, 0.15) is 11.6 Å². The summed E-state index contributed by atoms with van der Waals surface area (Å²) in [5.74, 6) is -0.687. The second-order valence-electron chi connectivity index (χ2n) is 6.34. The molecule has 3 aromatic carbocycles. The van der Waals surface area contributed by atoms with Crippen LogP contribution in [0.5, 0.6) is 5.75 Å². The second kappa shape index (κ2) is 10.0. The molecule has 0 aliphatic heterocycles. The molecule has 0 aliphatic rings. The van der Waals surface area contributed by atoms with E-state index >= 15 is 0 Å². The van der Waals surface area contributed by atoms with Crippen LogP contribution in [0.1, 0.15) is 12.0 Å². The molecule has 2 N–H and O–H groups in total. The van der Waals surface area contributed by atoms with E-state index in [0.29, 0.717) is 11.3 Å². The third-order valence-corrected chi connectivity index (χ3v) is 4.25. The third kappa shape index (κ3) is 5.90. The van der Waals surface area contributed by atoms with E-state index < -0.39 is 11.8 Å². The van der Waals surface area contributed by atoms with E-state index in [1.54, 1.807) is 24.3 Å². The fourth-order valence-electron chi connectivity index (χ4n) is 2.78. The number of nitrogens with one attached hydrogen (secondary N) is 2. The van der Waals surface area contributed by atoms with Gasteiger partial charge in [-0.1, -0.05) is 66.7 Å². The molecule has 29 heavy (non-hydrogen) atoms. The lowest BCUT2D eigenvalue weighted by Gasteiger charge is -2.12. The van der Waals surface area contributed by atoms with Crippen LogP contribution in [0.15, 0.2) is 78.9 Å². The maximum atomic E-state index is 13.6. The zero-order chi connectivity index (χ0) is 20.5. The zero-order valence-corrected chi connectivity index (χ0v) is 15.7. The van der Waals surface area contributed by atoms with Crippen molar-refractivity contribution in [2.75, 3.05) is 6.61 Å². The Morgan fingerprint density at radius 3 is 2.24 bits per heavy atom. The van der Waals surface area contributed by atoms with Crippen LogP contribution in [-0.2, 0) is 16.0 Å². The topological polar surface area (TPSA) is 67.4 Å². The summed E-state index contributed by atoms with van der Waals surface area (Å²) in [5, 5.41) is 0. The minimum Gasteiger partial charge on any atom is -0.483 e. The number of hydrogen-bond acceptors (Lipinski definition) is 3. The number of hydrogen-bond donors (Lipinski definition) is 2. The fourth-order valence-corrected chi connectivity index (χ4v) is 2.78. The Labute approximate surface area is 168 Å². The van der Waals surface area contributed by atoms with Crippen molar-refractivity contribution in [1.82, 2.24) is 10.9 Å². The summed E-state index contributed by atoms with van der Waals surface area (Å²) >= 11 is 0.